The lowest BCUT2D eigenvalue weighted by atomic mass is 10.1. The van der Waals surface area contributed by atoms with E-state index in [-0.39, 0.29) is 0 Å². The third-order valence-electron chi connectivity index (χ3n) is 2.19. The molecule has 0 unspecified atom stereocenters. The standard InChI is InChI=1S/C10H7N3OS/c11-9-4-8(13-14-9)7-3-1-2-6-5-12-15-10(6)7/h1-5H,11H2. The van der Waals surface area contributed by atoms with E-state index in [0.29, 0.717) is 5.88 Å². The summed E-state index contributed by atoms with van der Waals surface area (Å²) in [6, 6.07) is 7.69. The van der Waals surface area contributed by atoms with Crippen LogP contribution < -0.4 is 5.73 Å². The molecule has 0 radical (unpaired) electrons. The second-order valence-corrected chi connectivity index (χ2v) is 3.97. The first kappa shape index (κ1) is 8.43. The summed E-state index contributed by atoms with van der Waals surface area (Å²) >= 11 is 1.45. The molecule has 0 saturated heterocycles. The van der Waals surface area contributed by atoms with Crippen LogP contribution in [0.15, 0.2) is 35.0 Å². The molecule has 1 aromatic carbocycles. The second kappa shape index (κ2) is 3.06. The Labute approximate surface area is 89.5 Å². The van der Waals surface area contributed by atoms with E-state index >= 15 is 0 Å². The summed E-state index contributed by atoms with van der Waals surface area (Å²) < 4.78 is 10.1. The number of nitrogens with zero attached hydrogens (tertiary/aromatic N) is 2. The Morgan fingerprint density at radius 2 is 2.27 bits per heavy atom. The summed E-state index contributed by atoms with van der Waals surface area (Å²) in [5.41, 5.74) is 7.26. The molecule has 2 N–H and O–H groups in total. The number of anilines is 1. The zero-order valence-electron chi connectivity index (χ0n) is 7.68. The molecule has 4 nitrogen and oxygen atoms in total. The maximum absolute atomic E-state index is 5.49. The van der Waals surface area contributed by atoms with Gasteiger partial charge in [0.05, 0.1) is 4.70 Å². The minimum Gasteiger partial charge on any atom is -0.368 e. The van der Waals surface area contributed by atoms with Crippen LogP contribution in [0.2, 0.25) is 0 Å². The van der Waals surface area contributed by atoms with Crippen LogP contribution in [0, 0.1) is 0 Å². The maximum atomic E-state index is 5.49. The predicted molar refractivity (Wildman–Crippen MR) is 59.5 cm³/mol. The first-order chi connectivity index (χ1) is 7.34. The van der Waals surface area contributed by atoms with Gasteiger partial charge < -0.3 is 10.3 Å². The van der Waals surface area contributed by atoms with E-state index in [1.807, 2.05) is 24.4 Å². The van der Waals surface area contributed by atoms with E-state index in [9.17, 15) is 0 Å². The molecule has 15 heavy (non-hydrogen) atoms. The fraction of sp³-hybridized carbons (Fsp3) is 0. The third-order valence-corrected chi connectivity index (χ3v) is 3.03. The number of nitrogens with two attached hydrogens (primary N) is 1. The summed E-state index contributed by atoms with van der Waals surface area (Å²) in [4.78, 5) is 0. The number of nitrogen functional groups attached to an aromatic ring is 1. The minimum absolute atomic E-state index is 0.325. The smallest absolute Gasteiger partial charge is 0.222 e. The molecular formula is C10H7N3OS. The van der Waals surface area contributed by atoms with Crippen molar-refractivity contribution in [1.29, 1.82) is 0 Å². The normalized spacial score (nSPS) is 10.9. The van der Waals surface area contributed by atoms with Gasteiger partial charge >= 0.3 is 0 Å². The van der Waals surface area contributed by atoms with E-state index in [1.54, 1.807) is 6.07 Å². The van der Waals surface area contributed by atoms with Crippen molar-refractivity contribution in [3.63, 3.8) is 0 Å². The largest absolute Gasteiger partial charge is 0.368 e. The number of hydrogen-bond donors (Lipinski definition) is 1. The van der Waals surface area contributed by atoms with Crippen molar-refractivity contribution in [2.24, 2.45) is 0 Å². The van der Waals surface area contributed by atoms with Gasteiger partial charge in [-0.25, -0.2) is 0 Å². The molecule has 0 atom stereocenters. The van der Waals surface area contributed by atoms with Crippen LogP contribution in [-0.4, -0.2) is 9.53 Å². The number of fused-ring (bicyclic) bond motifs is 1. The first-order valence-corrected chi connectivity index (χ1v) is 5.18. The average molecular weight is 217 g/mol. The number of hydrogen-bond acceptors (Lipinski definition) is 5. The van der Waals surface area contributed by atoms with Gasteiger partial charge in [-0.05, 0) is 11.5 Å². The third kappa shape index (κ3) is 1.28. The Balaban J connectivity index is 2.30. The van der Waals surface area contributed by atoms with Crippen molar-refractivity contribution in [3.05, 3.63) is 30.5 Å². The van der Waals surface area contributed by atoms with Crippen LogP contribution in [0.25, 0.3) is 21.3 Å². The Kier molecular flexibility index (Phi) is 1.72. The molecule has 0 aliphatic carbocycles. The topological polar surface area (TPSA) is 64.9 Å². The zero-order valence-corrected chi connectivity index (χ0v) is 8.49. The predicted octanol–water partition coefficient (Wildman–Crippen LogP) is 2.53. The van der Waals surface area contributed by atoms with Crippen molar-refractivity contribution < 1.29 is 4.52 Å². The molecular weight excluding hydrogens is 210 g/mol. The van der Waals surface area contributed by atoms with Gasteiger partial charge in [0.1, 0.15) is 5.69 Å². The summed E-state index contributed by atoms with van der Waals surface area (Å²) in [6.07, 6.45) is 1.84. The van der Waals surface area contributed by atoms with Crippen molar-refractivity contribution >= 4 is 27.5 Å². The Hall–Kier alpha value is -1.88. The van der Waals surface area contributed by atoms with Crippen LogP contribution in [0.4, 0.5) is 5.88 Å². The highest BCUT2D eigenvalue weighted by atomic mass is 32.1. The van der Waals surface area contributed by atoms with Crippen LogP contribution in [0.5, 0.6) is 0 Å². The van der Waals surface area contributed by atoms with Gasteiger partial charge in [-0.3, -0.25) is 0 Å². The monoisotopic (exact) mass is 217 g/mol. The van der Waals surface area contributed by atoms with Gasteiger partial charge in [-0.2, -0.15) is 4.37 Å². The van der Waals surface area contributed by atoms with Crippen molar-refractivity contribution in [2.75, 3.05) is 5.73 Å². The minimum atomic E-state index is 0.325. The summed E-state index contributed by atoms with van der Waals surface area (Å²) in [5.74, 6) is 0.325. The van der Waals surface area contributed by atoms with Crippen LogP contribution in [0.1, 0.15) is 0 Å². The van der Waals surface area contributed by atoms with Gasteiger partial charge in [0.15, 0.2) is 0 Å². The summed E-state index contributed by atoms with van der Waals surface area (Å²) in [6.45, 7) is 0. The van der Waals surface area contributed by atoms with Crippen molar-refractivity contribution in [2.45, 2.75) is 0 Å². The number of rotatable bonds is 1. The Morgan fingerprint density at radius 3 is 3.07 bits per heavy atom. The summed E-state index contributed by atoms with van der Waals surface area (Å²) in [5, 5.41) is 5.00. The molecule has 74 valence electrons. The highest BCUT2D eigenvalue weighted by molar-refractivity contribution is 7.13. The van der Waals surface area contributed by atoms with Crippen LogP contribution in [-0.2, 0) is 0 Å². The van der Waals surface area contributed by atoms with E-state index in [1.165, 1.54) is 11.5 Å². The fourth-order valence-electron chi connectivity index (χ4n) is 1.51. The molecule has 0 bridgehead atoms. The first-order valence-electron chi connectivity index (χ1n) is 4.40. The van der Waals surface area contributed by atoms with Gasteiger partial charge in [0, 0.05) is 23.2 Å². The average Bonchev–Trinajstić information content (AvgIpc) is 2.84. The lowest BCUT2D eigenvalue weighted by Gasteiger charge is -1.95. The molecule has 0 amide bonds. The van der Waals surface area contributed by atoms with E-state index < -0.39 is 0 Å². The highest BCUT2D eigenvalue weighted by Gasteiger charge is 2.09. The SMILES string of the molecule is Nc1cc(-c2cccc3cnsc23)no1. The van der Waals surface area contributed by atoms with E-state index in [2.05, 4.69) is 9.53 Å². The molecule has 0 spiro atoms. The van der Waals surface area contributed by atoms with Crippen LogP contribution >= 0.6 is 11.5 Å². The molecule has 2 heterocycles. The summed E-state index contributed by atoms with van der Waals surface area (Å²) in [7, 11) is 0. The van der Waals surface area contributed by atoms with E-state index in [4.69, 9.17) is 10.3 Å². The van der Waals surface area contributed by atoms with Gasteiger partial charge in [-0.15, -0.1) is 0 Å². The second-order valence-electron chi connectivity index (χ2n) is 3.16. The lowest BCUT2D eigenvalue weighted by Crippen LogP contribution is -1.77. The lowest BCUT2D eigenvalue weighted by molar-refractivity contribution is 0.439. The molecule has 5 heteroatoms. The molecule has 0 fully saturated rings. The Morgan fingerprint density at radius 1 is 1.33 bits per heavy atom. The molecule has 0 aliphatic rings. The van der Waals surface area contributed by atoms with Gasteiger partial charge in [0.2, 0.25) is 5.88 Å². The van der Waals surface area contributed by atoms with Gasteiger partial charge in [0.25, 0.3) is 0 Å². The molecule has 0 aliphatic heterocycles. The number of benzene rings is 1. The number of aromatic nitrogens is 2. The highest BCUT2D eigenvalue weighted by Crippen LogP contribution is 2.30. The van der Waals surface area contributed by atoms with Gasteiger partial charge in [-0.1, -0.05) is 23.4 Å². The quantitative estimate of drug-likeness (QED) is 0.680. The maximum Gasteiger partial charge on any atom is 0.222 e. The molecule has 2 aromatic heterocycles. The molecule has 3 aromatic rings. The van der Waals surface area contributed by atoms with E-state index in [0.717, 1.165) is 21.3 Å². The zero-order chi connectivity index (χ0) is 10.3. The molecule has 0 saturated carbocycles. The fourth-order valence-corrected chi connectivity index (χ4v) is 2.28. The molecule has 3 rings (SSSR count). The Bertz CT molecular complexity index is 614. The van der Waals surface area contributed by atoms with Crippen molar-refractivity contribution in [3.8, 4) is 11.3 Å². The van der Waals surface area contributed by atoms with Crippen molar-refractivity contribution in [1.82, 2.24) is 9.53 Å². The van der Waals surface area contributed by atoms with Crippen LogP contribution in [0.3, 0.4) is 0 Å².